The van der Waals surface area contributed by atoms with Crippen LogP contribution in [0, 0.1) is 17.2 Å². The van der Waals surface area contributed by atoms with Crippen molar-refractivity contribution in [1.29, 1.82) is 5.26 Å². The first-order valence-electron chi connectivity index (χ1n) is 7.06. The Kier molecular flexibility index (Phi) is 4.06. The number of rotatable bonds is 4. The first-order valence-corrected chi connectivity index (χ1v) is 7.06. The van der Waals surface area contributed by atoms with Crippen LogP contribution in [0.15, 0.2) is 0 Å². The molecule has 0 amide bonds. The van der Waals surface area contributed by atoms with E-state index in [1.807, 2.05) is 6.92 Å². The standard InChI is InChI=1S/C14H25N3/c1-14(16,11-15)8-4-10-17-9-3-6-12-5-2-7-13(12)17/h12-13H,2-10,16H2,1H3. The van der Waals surface area contributed by atoms with Gasteiger partial charge in [0.25, 0.3) is 0 Å². The van der Waals surface area contributed by atoms with Gasteiger partial charge in [0.15, 0.2) is 0 Å². The van der Waals surface area contributed by atoms with Gasteiger partial charge in [0.1, 0.15) is 5.54 Å². The first-order chi connectivity index (χ1) is 8.12. The smallest absolute Gasteiger partial charge is 0.101 e. The summed E-state index contributed by atoms with van der Waals surface area (Å²) in [6, 6.07) is 3.03. The summed E-state index contributed by atoms with van der Waals surface area (Å²) in [5.74, 6) is 0.962. The van der Waals surface area contributed by atoms with Crippen molar-refractivity contribution in [3.05, 3.63) is 0 Å². The first kappa shape index (κ1) is 12.9. The third kappa shape index (κ3) is 3.20. The van der Waals surface area contributed by atoms with Crippen LogP contribution in [0.3, 0.4) is 0 Å². The lowest BCUT2D eigenvalue weighted by atomic mass is 9.91. The lowest BCUT2D eigenvalue weighted by molar-refractivity contribution is 0.110. The van der Waals surface area contributed by atoms with E-state index in [1.165, 1.54) is 38.6 Å². The van der Waals surface area contributed by atoms with Crippen LogP contribution in [-0.4, -0.2) is 29.6 Å². The van der Waals surface area contributed by atoms with Crippen molar-refractivity contribution in [3.63, 3.8) is 0 Å². The second-order valence-electron chi connectivity index (χ2n) is 6.07. The zero-order chi connectivity index (χ0) is 12.3. The van der Waals surface area contributed by atoms with Crippen molar-refractivity contribution >= 4 is 0 Å². The topological polar surface area (TPSA) is 53.1 Å². The molecule has 0 radical (unpaired) electrons. The number of nitrogens with zero attached hydrogens (tertiary/aromatic N) is 2. The van der Waals surface area contributed by atoms with Crippen LogP contribution < -0.4 is 5.73 Å². The maximum Gasteiger partial charge on any atom is 0.101 e. The normalized spacial score (nSPS) is 32.8. The molecule has 17 heavy (non-hydrogen) atoms. The fourth-order valence-electron chi connectivity index (χ4n) is 3.54. The monoisotopic (exact) mass is 235 g/mol. The molecule has 3 nitrogen and oxygen atoms in total. The van der Waals surface area contributed by atoms with Crippen LogP contribution in [0.5, 0.6) is 0 Å². The summed E-state index contributed by atoms with van der Waals surface area (Å²) in [4.78, 5) is 2.66. The minimum Gasteiger partial charge on any atom is -0.314 e. The Bertz CT molecular complexity index is 292. The molecule has 1 heterocycles. The quantitative estimate of drug-likeness (QED) is 0.813. The van der Waals surface area contributed by atoms with Crippen molar-refractivity contribution in [2.24, 2.45) is 11.7 Å². The summed E-state index contributed by atoms with van der Waals surface area (Å²) in [5, 5.41) is 8.89. The molecule has 3 unspecified atom stereocenters. The minimum atomic E-state index is -0.634. The van der Waals surface area contributed by atoms with E-state index in [-0.39, 0.29) is 0 Å². The highest BCUT2D eigenvalue weighted by molar-refractivity contribution is 5.00. The van der Waals surface area contributed by atoms with Crippen molar-refractivity contribution in [2.75, 3.05) is 13.1 Å². The average molecular weight is 235 g/mol. The van der Waals surface area contributed by atoms with Gasteiger partial charge in [-0.05, 0) is 64.5 Å². The van der Waals surface area contributed by atoms with Crippen LogP contribution in [-0.2, 0) is 0 Å². The van der Waals surface area contributed by atoms with E-state index in [0.29, 0.717) is 0 Å². The number of nitrogens with two attached hydrogens (primary N) is 1. The summed E-state index contributed by atoms with van der Waals surface area (Å²) in [5.41, 5.74) is 5.22. The number of fused-ring (bicyclic) bond motifs is 1. The molecule has 0 aromatic heterocycles. The minimum absolute atomic E-state index is 0.634. The molecule has 0 bridgehead atoms. The van der Waals surface area contributed by atoms with Crippen LogP contribution in [0.4, 0.5) is 0 Å². The van der Waals surface area contributed by atoms with E-state index in [9.17, 15) is 0 Å². The molecule has 1 saturated heterocycles. The fraction of sp³-hybridized carbons (Fsp3) is 0.929. The van der Waals surface area contributed by atoms with Gasteiger partial charge >= 0.3 is 0 Å². The zero-order valence-electron chi connectivity index (χ0n) is 11.0. The third-order valence-corrected chi connectivity index (χ3v) is 4.51. The van der Waals surface area contributed by atoms with Gasteiger partial charge in [-0.2, -0.15) is 5.26 Å². The molecule has 2 N–H and O–H groups in total. The van der Waals surface area contributed by atoms with Crippen LogP contribution in [0.2, 0.25) is 0 Å². The fourth-order valence-corrected chi connectivity index (χ4v) is 3.54. The Morgan fingerprint density at radius 2 is 2.12 bits per heavy atom. The van der Waals surface area contributed by atoms with Crippen LogP contribution in [0.25, 0.3) is 0 Å². The molecular formula is C14H25N3. The Balaban J connectivity index is 1.77. The lowest BCUT2D eigenvalue weighted by Gasteiger charge is -2.38. The molecule has 0 aromatic rings. The Morgan fingerprint density at radius 3 is 2.88 bits per heavy atom. The van der Waals surface area contributed by atoms with Gasteiger partial charge in [-0.25, -0.2) is 0 Å². The summed E-state index contributed by atoms with van der Waals surface area (Å²) in [6.07, 6.45) is 8.92. The van der Waals surface area contributed by atoms with Gasteiger partial charge in [-0.3, -0.25) is 0 Å². The number of piperidine rings is 1. The Labute approximate surface area is 105 Å². The van der Waals surface area contributed by atoms with E-state index in [4.69, 9.17) is 11.0 Å². The van der Waals surface area contributed by atoms with Gasteiger partial charge in [-0.1, -0.05) is 6.42 Å². The zero-order valence-corrected chi connectivity index (χ0v) is 11.0. The van der Waals surface area contributed by atoms with Crippen molar-refractivity contribution < 1.29 is 0 Å². The molecule has 1 saturated carbocycles. The van der Waals surface area contributed by atoms with E-state index >= 15 is 0 Å². The molecule has 3 atom stereocenters. The second-order valence-corrected chi connectivity index (χ2v) is 6.07. The highest BCUT2D eigenvalue weighted by Crippen LogP contribution is 2.36. The molecule has 3 heteroatoms. The largest absolute Gasteiger partial charge is 0.314 e. The molecule has 1 aliphatic heterocycles. The number of likely N-dealkylation sites (tertiary alicyclic amines) is 1. The summed E-state index contributed by atoms with van der Waals surface area (Å²) in [6.45, 7) is 4.23. The predicted molar refractivity (Wildman–Crippen MR) is 69.4 cm³/mol. The summed E-state index contributed by atoms with van der Waals surface area (Å²) >= 11 is 0. The number of hydrogen-bond acceptors (Lipinski definition) is 3. The van der Waals surface area contributed by atoms with Gasteiger partial charge in [0.2, 0.25) is 0 Å². The Hall–Kier alpha value is -0.590. The van der Waals surface area contributed by atoms with Crippen LogP contribution in [0.1, 0.15) is 51.9 Å². The third-order valence-electron chi connectivity index (χ3n) is 4.51. The number of nitriles is 1. The average Bonchev–Trinajstić information content (AvgIpc) is 2.78. The lowest BCUT2D eigenvalue weighted by Crippen LogP contribution is -2.43. The van der Waals surface area contributed by atoms with Gasteiger partial charge in [-0.15, -0.1) is 0 Å². The second kappa shape index (κ2) is 5.37. The molecule has 2 aliphatic rings. The molecule has 2 fully saturated rings. The summed E-state index contributed by atoms with van der Waals surface area (Å²) < 4.78 is 0. The van der Waals surface area contributed by atoms with Crippen LogP contribution >= 0.6 is 0 Å². The maximum atomic E-state index is 8.89. The molecular weight excluding hydrogens is 210 g/mol. The maximum absolute atomic E-state index is 8.89. The molecule has 96 valence electrons. The molecule has 1 aliphatic carbocycles. The molecule has 2 rings (SSSR count). The number of hydrogen-bond donors (Lipinski definition) is 1. The SMILES string of the molecule is CC(N)(C#N)CCCN1CCCC2CCCC21. The predicted octanol–water partition coefficient (Wildman–Crippen LogP) is 2.27. The van der Waals surface area contributed by atoms with E-state index in [2.05, 4.69) is 11.0 Å². The van der Waals surface area contributed by atoms with E-state index < -0.39 is 5.54 Å². The highest BCUT2D eigenvalue weighted by Gasteiger charge is 2.34. The Morgan fingerprint density at radius 1 is 1.35 bits per heavy atom. The van der Waals surface area contributed by atoms with E-state index in [0.717, 1.165) is 31.3 Å². The van der Waals surface area contributed by atoms with Crippen molar-refractivity contribution in [1.82, 2.24) is 4.90 Å². The van der Waals surface area contributed by atoms with Gasteiger partial charge < -0.3 is 10.6 Å². The molecule has 0 aromatic carbocycles. The summed E-state index contributed by atoms with van der Waals surface area (Å²) in [7, 11) is 0. The highest BCUT2D eigenvalue weighted by atomic mass is 15.2. The molecule has 0 spiro atoms. The van der Waals surface area contributed by atoms with Gasteiger partial charge in [0.05, 0.1) is 6.07 Å². The van der Waals surface area contributed by atoms with Crippen molar-refractivity contribution in [3.8, 4) is 6.07 Å². The van der Waals surface area contributed by atoms with E-state index in [1.54, 1.807) is 0 Å². The van der Waals surface area contributed by atoms with Gasteiger partial charge in [0, 0.05) is 6.04 Å². The van der Waals surface area contributed by atoms with Crippen molar-refractivity contribution in [2.45, 2.75) is 63.5 Å².